The lowest BCUT2D eigenvalue weighted by atomic mass is 10.4. The second-order valence-corrected chi connectivity index (χ2v) is 6.22. The van der Waals surface area contributed by atoms with Gasteiger partial charge in [-0.2, -0.15) is 4.31 Å². The van der Waals surface area contributed by atoms with Crippen LogP contribution in [0.15, 0.2) is 28.3 Å². The van der Waals surface area contributed by atoms with Crippen molar-refractivity contribution >= 4 is 27.3 Å². The summed E-state index contributed by atoms with van der Waals surface area (Å²) in [5, 5.41) is 9.99. The first-order valence-electron chi connectivity index (χ1n) is 4.28. The van der Waals surface area contributed by atoms with Crippen molar-refractivity contribution in [2.75, 3.05) is 13.6 Å². The van der Waals surface area contributed by atoms with E-state index in [4.69, 9.17) is 5.11 Å². The van der Waals surface area contributed by atoms with Crippen molar-refractivity contribution in [2.45, 2.75) is 4.21 Å². The Bertz CT molecular complexity index is 503. The van der Waals surface area contributed by atoms with E-state index in [1.807, 2.05) is 0 Å². The van der Waals surface area contributed by atoms with Crippen molar-refractivity contribution in [2.24, 2.45) is 0 Å². The molecular weight excluding hydrogens is 250 g/mol. The van der Waals surface area contributed by atoms with Gasteiger partial charge in [0.05, 0.1) is 5.56 Å². The molecule has 16 heavy (non-hydrogen) atoms. The summed E-state index contributed by atoms with van der Waals surface area (Å²) < 4.78 is 24.8. The van der Waals surface area contributed by atoms with Crippen LogP contribution < -0.4 is 0 Å². The summed E-state index contributed by atoms with van der Waals surface area (Å²) in [4.78, 5) is 10.6. The number of carbonyl (C=O) groups is 1. The van der Waals surface area contributed by atoms with Crippen molar-refractivity contribution in [3.05, 3.63) is 29.7 Å². The van der Waals surface area contributed by atoms with E-state index < -0.39 is 16.0 Å². The first-order chi connectivity index (χ1) is 7.39. The fraction of sp³-hybridized carbons (Fsp3) is 0.222. The van der Waals surface area contributed by atoms with Crippen LogP contribution in [-0.4, -0.2) is 37.4 Å². The van der Waals surface area contributed by atoms with Gasteiger partial charge in [0.15, 0.2) is 0 Å². The molecule has 7 heteroatoms. The van der Waals surface area contributed by atoms with Gasteiger partial charge in [-0.3, -0.25) is 0 Å². The Morgan fingerprint density at radius 3 is 2.75 bits per heavy atom. The molecule has 0 bridgehead atoms. The number of hydrogen-bond acceptors (Lipinski definition) is 4. The zero-order valence-electron chi connectivity index (χ0n) is 8.58. The van der Waals surface area contributed by atoms with E-state index in [9.17, 15) is 13.2 Å². The minimum absolute atomic E-state index is 0.0180. The number of hydrogen-bond donors (Lipinski definition) is 1. The molecule has 0 aliphatic heterocycles. The van der Waals surface area contributed by atoms with E-state index in [1.54, 1.807) is 0 Å². The van der Waals surface area contributed by atoms with Crippen LogP contribution in [0.1, 0.15) is 10.4 Å². The van der Waals surface area contributed by atoms with Crippen molar-refractivity contribution in [1.82, 2.24) is 4.31 Å². The normalized spacial score (nSPS) is 11.6. The molecule has 5 nitrogen and oxygen atoms in total. The van der Waals surface area contributed by atoms with Gasteiger partial charge < -0.3 is 5.11 Å². The molecule has 0 radical (unpaired) electrons. The first-order valence-corrected chi connectivity index (χ1v) is 6.60. The predicted molar refractivity (Wildman–Crippen MR) is 61.3 cm³/mol. The second kappa shape index (κ2) is 4.77. The fourth-order valence-corrected chi connectivity index (χ4v) is 3.50. The van der Waals surface area contributed by atoms with E-state index >= 15 is 0 Å². The summed E-state index contributed by atoms with van der Waals surface area (Å²) in [6, 6.07) is 1.15. The Hall–Kier alpha value is -1.18. The number of carboxylic acid groups (broad SMARTS) is 1. The van der Waals surface area contributed by atoms with E-state index in [1.165, 1.54) is 18.5 Å². The number of likely N-dealkylation sites (N-methyl/N-ethyl adjacent to an activating group) is 1. The van der Waals surface area contributed by atoms with E-state index in [0.29, 0.717) is 0 Å². The molecule has 0 spiro atoms. The van der Waals surface area contributed by atoms with Crippen LogP contribution in [0.3, 0.4) is 0 Å². The lowest BCUT2D eigenvalue weighted by molar-refractivity contribution is 0.0697. The predicted octanol–water partition coefficient (Wildman–Crippen LogP) is 1.25. The van der Waals surface area contributed by atoms with Crippen molar-refractivity contribution in [3.63, 3.8) is 0 Å². The molecule has 0 atom stereocenters. The molecule has 1 heterocycles. The Morgan fingerprint density at radius 2 is 2.31 bits per heavy atom. The molecule has 0 aromatic carbocycles. The van der Waals surface area contributed by atoms with Gasteiger partial charge in [-0.25, -0.2) is 13.2 Å². The lowest BCUT2D eigenvalue weighted by Gasteiger charge is -2.12. The molecule has 0 saturated heterocycles. The summed E-state index contributed by atoms with van der Waals surface area (Å²) in [6.45, 7) is 3.63. The van der Waals surface area contributed by atoms with Crippen LogP contribution in [0.4, 0.5) is 0 Å². The topological polar surface area (TPSA) is 74.7 Å². The number of nitrogens with zero attached hydrogens (tertiary/aromatic N) is 1. The minimum atomic E-state index is -3.60. The Balaban J connectivity index is 3.07. The van der Waals surface area contributed by atoms with Crippen LogP contribution in [0, 0.1) is 0 Å². The standard InChI is InChI=1S/C9H11NO4S2/c1-3-4-10(2)16(13,14)8-5-7(6-15-8)9(11)12/h3,5-6H,1,4H2,2H3,(H,11,12). The number of aromatic carboxylic acids is 1. The van der Waals surface area contributed by atoms with Gasteiger partial charge >= 0.3 is 5.97 Å². The number of carboxylic acids is 1. The Labute approximate surface area is 97.7 Å². The monoisotopic (exact) mass is 261 g/mol. The Morgan fingerprint density at radius 1 is 1.69 bits per heavy atom. The maximum atomic E-state index is 11.9. The van der Waals surface area contributed by atoms with Crippen LogP contribution in [0.25, 0.3) is 0 Å². The molecule has 0 aliphatic carbocycles. The molecule has 1 aromatic heterocycles. The largest absolute Gasteiger partial charge is 0.478 e. The highest BCUT2D eigenvalue weighted by molar-refractivity contribution is 7.91. The maximum Gasteiger partial charge on any atom is 0.336 e. The SMILES string of the molecule is C=CCN(C)S(=O)(=O)c1cc(C(=O)O)cs1. The number of thiophene rings is 1. The van der Waals surface area contributed by atoms with Gasteiger partial charge in [0.2, 0.25) is 0 Å². The summed E-state index contributed by atoms with van der Waals surface area (Å²) in [6.07, 6.45) is 1.46. The fourth-order valence-electron chi connectivity index (χ4n) is 0.998. The number of sulfonamides is 1. The smallest absolute Gasteiger partial charge is 0.336 e. The lowest BCUT2D eigenvalue weighted by Crippen LogP contribution is -2.26. The summed E-state index contributed by atoms with van der Waals surface area (Å²) in [5.74, 6) is -1.14. The van der Waals surface area contributed by atoms with Gasteiger partial charge in [-0.05, 0) is 6.07 Å². The van der Waals surface area contributed by atoms with Gasteiger partial charge in [0.1, 0.15) is 4.21 Å². The number of rotatable bonds is 5. The molecule has 0 saturated carbocycles. The third-order valence-electron chi connectivity index (χ3n) is 1.87. The van der Waals surface area contributed by atoms with Crippen LogP contribution in [-0.2, 0) is 10.0 Å². The van der Waals surface area contributed by atoms with Crippen LogP contribution in [0.2, 0.25) is 0 Å². The molecule has 1 rings (SSSR count). The minimum Gasteiger partial charge on any atom is -0.478 e. The summed E-state index contributed by atoms with van der Waals surface area (Å²) in [7, 11) is -2.18. The van der Waals surface area contributed by atoms with Crippen molar-refractivity contribution in [3.8, 4) is 0 Å². The molecule has 1 aromatic rings. The average molecular weight is 261 g/mol. The quantitative estimate of drug-likeness (QED) is 0.809. The first kappa shape index (κ1) is 12.9. The Kier molecular flexibility index (Phi) is 3.84. The highest BCUT2D eigenvalue weighted by atomic mass is 32.2. The van der Waals surface area contributed by atoms with E-state index in [2.05, 4.69) is 6.58 Å². The van der Waals surface area contributed by atoms with E-state index in [-0.39, 0.29) is 16.3 Å². The van der Waals surface area contributed by atoms with Gasteiger partial charge in [-0.1, -0.05) is 6.08 Å². The molecule has 0 amide bonds. The zero-order valence-corrected chi connectivity index (χ0v) is 10.2. The zero-order chi connectivity index (χ0) is 12.3. The van der Waals surface area contributed by atoms with Gasteiger partial charge in [0.25, 0.3) is 10.0 Å². The maximum absolute atomic E-state index is 11.9. The summed E-state index contributed by atoms with van der Waals surface area (Å²) >= 11 is 0.894. The second-order valence-electron chi connectivity index (χ2n) is 3.03. The highest BCUT2D eigenvalue weighted by Crippen LogP contribution is 2.23. The molecule has 0 fully saturated rings. The van der Waals surface area contributed by atoms with Crippen LogP contribution in [0.5, 0.6) is 0 Å². The summed E-state index contributed by atoms with van der Waals surface area (Å²) in [5.41, 5.74) is -0.0180. The molecule has 0 unspecified atom stereocenters. The molecule has 0 aliphatic rings. The molecular formula is C9H11NO4S2. The average Bonchev–Trinajstić information content (AvgIpc) is 2.67. The van der Waals surface area contributed by atoms with Gasteiger partial charge in [-0.15, -0.1) is 17.9 Å². The van der Waals surface area contributed by atoms with Crippen molar-refractivity contribution < 1.29 is 18.3 Å². The van der Waals surface area contributed by atoms with E-state index in [0.717, 1.165) is 21.7 Å². The third kappa shape index (κ3) is 2.49. The molecule has 1 N–H and O–H groups in total. The van der Waals surface area contributed by atoms with Crippen molar-refractivity contribution in [1.29, 1.82) is 0 Å². The van der Waals surface area contributed by atoms with Gasteiger partial charge in [0, 0.05) is 19.0 Å². The molecule has 88 valence electrons. The highest BCUT2D eigenvalue weighted by Gasteiger charge is 2.22. The van der Waals surface area contributed by atoms with Crippen LogP contribution >= 0.6 is 11.3 Å². The third-order valence-corrected chi connectivity index (χ3v) is 5.11.